The molecule has 8 nitrogen and oxygen atoms in total. The van der Waals surface area contributed by atoms with Crippen LogP contribution in [-0.2, 0) is 16.6 Å². The average Bonchev–Trinajstić information content (AvgIpc) is 3.17. The van der Waals surface area contributed by atoms with E-state index in [0.717, 1.165) is 11.3 Å². The van der Waals surface area contributed by atoms with Crippen LogP contribution in [0.2, 0.25) is 0 Å². The van der Waals surface area contributed by atoms with Gasteiger partial charge in [0.15, 0.2) is 11.8 Å². The highest BCUT2D eigenvalue weighted by molar-refractivity contribution is 5.97. The number of benzene rings is 1. The fraction of sp³-hybridized carbons (Fsp3) is 0.300. The van der Waals surface area contributed by atoms with Gasteiger partial charge >= 0.3 is 5.97 Å². The number of carbonyl (C=O) groups is 2. The Hall–Kier alpha value is -3.42. The third-order valence-corrected chi connectivity index (χ3v) is 4.42. The van der Waals surface area contributed by atoms with E-state index in [9.17, 15) is 9.59 Å². The number of anilines is 1. The lowest BCUT2D eigenvalue weighted by molar-refractivity contribution is -0.123. The summed E-state index contributed by atoms with van der Waals surface area (Å²) in [6.45, 7) is 6.77. The van der Waals surface area contributed by atoms with Crippen LogP contribution in [0.1, 0.15) is 34.6 Å². The topological polar surface area (TPSA) is 99.2 Å². The highest BCUT2D eigenvalue weighted by Gasteiger charge is 2.25. The highest BCUT2D eigenvalue weighted by atomic mass is 16.5. The number of hydrogen-bond donors (Lipinski definition) is 1. The van der Waals surface area contributed by atoms with Crippen molar-refractivity contribution in [2.75, 3.05) is 5.32 Å². The van der Waals surface area contributed by atoms with Crippen molar-refractivity contribution in [3.63, 3.8) is 0 Å². The van der Waals surface area contributed by atoms with Gasteiger partial charge in [-0.1, -0.05) is 18.2 Å². The molecule has 0 bridgehead atoms. The lowest BCUT2D eigenvalue weighted by Gasteiger charge is -2.13. The highest BCUT2D eigenvalue weighted by Crippen LogP contribution is 2.22. The summed E-state index contributed by atoms with van der Waals surface area (Å²) in [7, 11) is 1.79. The van der Waals surface area contributed by atoms with Crippen molar-refractivity contribution < 1.29 is 18.7 Å². The van der Waals surface area contributed by atoms with E-state index in [1.807, 2.05) is 37.3 Å². The van der Waals surface area contributed by atoms with Gasteiger partial charge in [0, 0.05) is 12.6 Å². The van der Waals surface area contributed by atoms with Gasteiger partial charge in [-0.25, -0.2) is 9.78 Å². The Morgan fingerprint density at radius 1 is 1.18 bits per heavy atom. The number of rotatable bonds is 5. The van der Waals surface area contributed by atoms with Crippen molar-refractivity contribution in [1.82, 2.24) is 14.8 Å². The van der Waals surface area contributed by atoms with Crippen molar-refractivity contribution in [3.8, 4) is 11.5 Å². The third kappa shape index (κ3) is 3.80. The molecule has 0 saturated heterocycles. The van der Waals surface area contributed by atoms with E-state index in [0.29, 0.717) is 23.0 Å². The first-order chi connectivity index (χ1) is 13.3. The minimum absolute atomic E-state index is 0.0484. The second kappa shape index (κ2) is 7.67. The lowest BCUT2D eigenvalue weighted by atomic mass is 10.2. The van der Waals surface area contributed by atoms with Crippen molar-refractivity contribution in [3.05, 3.63) is 53.2 Å². The molecule has 8 heteroatoms. The van der Waals surface area contributed by atoms with Gasteiger partial charge in [-0.3, -0.25) is 9.48 Å². The van der Waals surface area contributed by atoms with E-state index in [2.05, 4.69) is 15.4 Å². The number of esters is 1. The maximum absolute atomic E-state index is 12.5. The largest absolute Gasteiger partial charge is 0.448 e. The molecule has 2 heterocycles. The van der Waals surface area contributed by atoms with Gasteiger partial charge in [0.25, 0.3) is 5.91 Å². The normalized spacial score (nSPS) is 11.9. The Morgan fingerprint density at radius 3 is 2.46 bits per heavy atom. The molecular formula is C20H22N4O4. The molecule has 1 atom stereocenters. The van der Waals surface area contributed by atoms with Crippen molar-refractivity contribution in [1.29, 1.82) is 0 Å². The number of nitrogens with one attached hydrogen (secondary N) is 1. The van der Waals surface area contributed by atoms with E-state index < -0.39 is 18.0 Å². The fourth-order valence-electron chi connectivity index (χ4n) is 2.74. The minimum atomic E-state index is -1.01. The second-order valence-corrected chi connectivity index (χ2v) is 6.50. The number of oxazole rings is 1. The first-order valence-corrected chi connectivity index (χ1v) is 8.82. The minimum Gasteiger partial charge on any atom is -0.448 e. The molecule has 3 rings (SSSR count). The molecule has 146 valence electrons. The molecule has 0 fully saturated rings. The zero-order chi connectivity index (χ0) is 20.4. The number of amides is 1. The predicted molar refractivity (Wildman–Crippen MR) is 103 cm³/mol. The van der Waals surface area contributed by atoms with Crippen LogP contribution in [0.25, 0.3) is 11.5 Å². The van der Waals surface area contributed by atoms with E-state index in [1.54, 1.807) is 25.6 Å². The average molecular weight is 382 g/mol. The maximum Gasteiger partial charge on any atom is 0.361 e. The monoisotopic (exact) mass is 382 g/mol. The smallest absolute Gasteiger partial charge is 0.361 e. The summed E-state index contributed by atoms with van der Waals surface area (Å²) >= 11 is 0. The van der Waals surface area contributed by atoms with Crippen LogP contribution >= 0.6 is 0 Å². The predicted octanol–water partition coefficient (Wildman–Crippen LogP) is 3.18. The molecule has 1 aromatic carbocycles. The Balaban J connectivity index is 1.70. The molecule has 0 aliphatic rings. The van der Waals surface area contributed by atoms with Crippen LogP contribution in [0.5, 0.6) is 0 Å². The molecule has 0 unspecified atom stereocenters. The zero-order valence-electron chi connectivity index (χ0n) is 16.4. The Morgan fingerprint density at radius 2 is 1.86 bits per heavy atom. The Bertz CT molecular complexity index is 1020. The van der Waals surface area contributed by atoms with Crippen molar-refractivity contribution in [2.45, 2.75) is 33.8 Å². The Labute approximate surface area is 162 Å². The number of carbonyl (C=O) groups excluding carboxylic acids is 2. The van der Waals surface area contributed by atoms with Crippen LogP contribution in [0.3, 0.4) is 0 Å². The summed E-state index contributed by atoms with van der Waals surface area (Å²) in [6, 6.07) is 9.23. The molecule has 1 N–H and O–H groups in total. The molecule has 0 saturated carbocycles. The van der Waals surface area contributed by atoms with Crippen LogP contribution in [0, 0.1) is 20.8 Å². The number of nitrogens with zero attached hydrogens (tertiary/aromatic N) is 3. The summed E-state index contributed by atoms with van der Waals surface area (Å²) in [5.41, 5.74) is 2.90. The summed E-state index contributed by atoms with van der Waals surface area (Å²) in [5, 5.41) is 7.00. The van der Waals surface area contributed by atoms with E-state index in [-0.39, 0.29) is 5.69 Å². The van der Waals surface area contributed by atoms with E-state index in [4.69, 9.17) is 9.15 Å². The van der Waals surface area contributed by atoms with Crippen LogP contribution in [-0.4, -0.2) is 32.7 Å². The maximum atomic E-state index is 12.5. The molecule has 0 aliphatic heterocycles. The summed E-state index contributed by atoms with van der Waals surface area (Å²) in [5.74, 6) is -0.512. The second-order valence-electron chi connectivity index (χ2n) is 6.50. The third-order valence-electron chi connectivity index (χ3n) is 4.42. The molecule has 28 heavy (non-hydrogen) atoms. The molecule has 1 amide bonds. The number of hydrogen-bond acceptors (Lipinski definition) is 6. The van der Waals surface area contributed by atoms with Crippen molar-refractivity contribution in [2.24, 2.45) is 7.05 Å². The van der Waals surface area contributed by atoms with Gasteiger partial charge in [-0.15, -0.1) is 0 Å². The molecular weight excluding hydrogens is 360 g/mol. The van der Waals surface area contributed by atoms with Gasteiger partial charge < -0.3 is 14.5 Å². The van der Waals surface area contributed by atoms with Crippen LogP contribution < -0.4 is 5.32 Å². The SMILES string of the molecule is Cc1nn(C)c(C)c1NC(=O)[C@H](C)OC(=O)c1nc(-c2ccccc2)oc1C. The number of aromatic nitrogens is 3. The lowest BCUT2D eigenvalue weighted by Crippen LogP contribution is -2.30. The van der Waals surface area contributed by atoms with Gasteiger partial charge in [-0.05, 0) is 39.8 Å². The molecule has 3 aromatic rings. The molecule has 0 radical (unpaired) electrons. The van der Waals surface area contributed by atoms with Crippen LogP contribution in [0.15, 0.2) is 34.7 Å². The number of ether oxygens (including phenoxy) is 1. The Kier molecular flexibility index (Phi) is 5.30. The van der Waals surface area contributed by atoms with Crippen LogP contribution in [0.4, 0.5) is 5.69 Å². The van der Waals surface area contributed by atoms with Gasteiger partial charge in [-0.2, -0.15) is 5.10 Å². The first-order valence-electron chi connectivity index (χ1n) is 8.82. The quantitative estimate of drug-likeness (QED) is 0.681. The zero-order valence-corrected chi connectivity index (χ0v) is 16.4. The molecule has 0 spiro atoms. The first kappa shape index (κ1) is 19.3. The standard InChI is InChI=1S/C20H22N4O4/c1-11-16(12(2)24(5)23-11)21-18(25)14(4)28-20(26)17-13(3)27-19(22-17)15-9-7-6-8-10-15/h6-10,14H,1-5H3,(H,21,25)/t14-/m0/s1. The van der Waals surface area contributed by atoms with E-state index in [1.165, 1.54) is 6.92 Å². The van der Waals surface area contributed by atoms with Gasteiger partial charge in [0.05, 0.1) is 17.1 Å². The fourth-order valence-corrected chi connectivity index (χ4v) is 2.74. The molecule has 2 aromatic heterocycles. The summed E-state index contributed by atoms with van der Waals surface area (Å²) in [4.78, 5) is 29.1. The van der Waals surface area contributed by atoms with E-state index >= 15 is 0 Å². The number of aryl methyl sites for hydroxylation is 3. The molecule has 0 aliphatic carbocycles. The van der Waals surface area contributed by atoms with Gasteiger partial charge in [0.2, 0.25) is 5.89 Å². The summed E-state index contributed by atoms with van der Waals surface area (Å²) in [6.07, 6.45) is -1.01. The summed E-state index contributed by atoms with van der Waals surface area (Å²) < 4.78 is 12.5. The van der Waals surface area contributed by atoms with Crippen molar-refractivity contribution >= 4 is 17.6 Å². The van der Waals surface area contributed by atoms with Gasteiger partial charge in [0.1, 0.15) is 5.76 Å².